The van der Waals surface area contributed by atoms with Crippen LogP contribution in [0.15, 0.2) is 73.0 Å². The lowest BCUT2D eigenvalue weighted by Crippen LogP contribution is -2.66. The lowest BCUT2D eigenvalue weighted by molar-refractivity contribution is -0.259. The predicted molar refractivity (Wildman–Crippen MR) is 125 cm³/mol. The third-order valence-electron chi connectivity index (χ3n) is 5.28. The van der Waals surface area contributed by atoms with E-state index in [4.69, 9.17) is 23.7 Å². The Hall–Kier alpha value is -3.69. The minimum Gasteiger partial charge on any atom is -0.470 e. The highest BCUT2D eigenvalue weighted by molar-refractivity contribution is 5.90. The van der Waals surface area contributed by atoms with Crippen LogP contribution < -0.4 is 5.32 Å². The minimum atomic E-state index is -1.05. The maximum Gasteiger partial charge on any atom is 0.338 e. The normalized spacial score (nSPS) is 23.9. The zero-order valence-corrected chi connectivity index (χ0v) is 19.8. The minimum absolute atomic E-state index is 0.200. The number of methoxy groups -OCH3 is 1. The SMILES string of the molecule is C/C=C/OC1OC(COC(=O)c2ccccc2)C(OC)C(OC(=O)c2ccccc2)C1NC(C)=O. The molecule has 1 saturated heterocycles. The summed E-state index contributed by atoms with van der Waals surface area (Å²) < 4.78 is 28.6. The summed E-state index contributed by atoms with van der Waals surface area (Å²) in [5, 5.41) is 2.74. The number of nitrogens with one attached hydrogen (secondary N) is 1. The number of carbonyl (C=O) groups excluding carboxylic acids is 3. The second-order valence-electron chi connectivity index (χ2n) is 7.78. The van der Waals surface area contributed by atoms with Gasteiger partial charge >= 0.3 is 11.9 Å². The van der Waals surface area contributed by atoms with E-state index in [0.717, 1.165) is 0 Å². The Bertz CT molecular complexity index is 1010. The molecule has 35 heavy (non-hydrogen) atoms. The summed E-state index contributed by atoms with van der Waals surface area (Å²) in [4.78, 5) is 37.4. The molecular formula is C26H29NO8. The number of ether oxygens (including phenoxy) is 5. The molecule has 1 aliphatic heterocycles. The summed E-state index contributed by atoms with van der Waals surface area (Å²) in [7, 11) is 1.42. The molecule has 5 atom stereocenters. The van der Waals surface area contributed by atoms with Crippen LogP contribution in [0.3, 0.4) is 0 Å². The first-order valence-electron chi connectivity index (χ1n) is 11.1. The molecular weight excluding hydrogens is 454 g/mol. The van der Waals surface area contributed by atoms with E-state index < -0.39 is 42.6 Å². The van der Waals surface area contributed by atoms with Crippen LogP contribution in [-0.4, -0.2) is 62.2 Å². The molecule has 0 aliphatic carbocycles. The van der Waals surface area contributed by atoms with Crippen molar-refractivity contribution in [2.45, 2.75) is 44.5 Å². The van der Waals surface area contributed by atoms with E-state index in [0.29, 0.717) is 11.1 Å². The molecule has 0 bridgehead atoms. The van der Waals surface area contributed by atoms with Gasteiger partial charge in [-0.2, -0.15) is 0 Å². The molecule has 0 saturated carbocycles. The van der Waals surface area contributed by atoms with Gasteiger partial charge in [0.1, 0.15) is 24.9 Å². The van der Waals surface area contributed by atoms with Gasteiger partial charge in [0.25, 0.3) is 0 Å². The van der Waals surface area contributed by atoms with E-state index in [1.165, 1.54) is 20.3 Å². The lowest BCUT2D eigenvalue weighted by Gasteiger charge is -2.44. The Morgan fingerprint density at radius 3 is 2.09 bits per heavy atom. The molecule has 1 amide bonds. The number of rotatable bonds is 9. The summed E-state index contributed by atoms with van der Waals surface area (Å²) in [6.45, 7) is 2.88. The van der Waals surface area contributed by atoms with Gasteiger partial charge in [0.15, 0.2) is 6.10 Å². The van der Waals surface area contributed by atoms with Crippen LogP contribution in [0.4, 0.5) is 0 Å². The summed E-state index contributed by atoms with van der Waals surface area (Å²) in [6, 6.07) is 16.0. The number of carbonyl (C=O) groups is 3. The summed E-state index contributed by atoms with van der Waals surface area (Å²) in [5.41, 5.74) is 0.704. The molecule has 2 aromatic rings. The van der Waals surface area contributed by atoms with E-state index in [2.05, 4.69) is 5.32 Å². The molecule has 9 nitrogen and oxygen atoms in total. The van der Waals surface area contributed by atoms with Crippen LogP contribution in [0.5, 0.6) is 0 Å². The third kappa shape index (κ3) is 6.91. The molecule has 0 spiro atoms. The molecule has 1 aliphatic rings. The highest BCUT2D eigenvalue weighted by Crippen LogP contribution is 2.28. The van der Waals surface area contributed by atoms with E-state index in [1.54, 1.807) is 73.7 Å². The molecule has 0 aromatic heterocycles. The van der Waals surface area contributed by atoms with E-state index >= 15 is 0 Å². The highest BCUT2D eigenvalue weighted by Gasteiger charge is 2.50. The van der Waals surface area contributed by atoms with Crippen LogP contribution in [0.1, 0.15) is 34.6 Å². The standard InChI is InChI=1S/C26H29NO8/c1-4-15-32-26-21(27-17(2)28)23(35-25(30)19-13-9-6-10-14-19)22(31-3)20(34-26)16-33-24(29)18-11-7-5-8-12-18/h4-15,20-23,26H,16H2,1-3H3,(H,27,28)/b15-4+. The van der Waals surface area contributed by atoms with Gasteiger partial charge in [0.2, 0.25) is 12.2 Å². The van der Waals surface area contributed by atoms with Crippen molar-refractivity contribution in [3.8, 4) is 0 Å². The van der Waals surface area contributed by atoms with Crippen molar-refractivity contribution in [3.05, 3.63) is 84.1 Å². The zero-order valence-electron chi connectivity index (χ0n) is 19.8. The van der Waals surface area contributed by atoms with Crippen molar-refractivity contribution in [3.63, 3.8) is 0 Å². The molecule has 5 unspecified atom stereocenters. The van der Waals surface area contributed by atoms with Crippen molar-refractivity contribution < 1.29 is 38.1 Å². The Kier molecular flexibility index (Phi) is 9.39. The molecule has 2 aromatic carbocycles. The first kappa shape index (κ1) is 25.9. The Morgan fingerprint density at radius 1 is 0.943 bits per heavy atom. The van der Waals surface area contributed by atoms with Crippen LogP contribution in [0, 0.1) is 0 Å². The first-order valence-corrected chi connectivity index (χ1v) is 11.1. The first-order chi connectivity index (χ1) is 16.9. The fourth-order valence-electron chi connectivity index (χ4n) is 3.70. The van der Waals surface area contributed by atoms with Crippen molar-refractivity contribution >= 4 is 17.8 Å². The van der Waals surface area contributed by atoms with Gasteiger partial charge in [-0.05, 0) is 31.2 Å². The summed E-state index contributed by atoms with van der Waals surface area (Å²) in [5.74, 6) is -1.53. The smallest absolute Gasteiger partial charge is 0.338 e. The monoisotopic (exact) mass is 483 g/mol. The number of allylic oxidation sites excluding steroid dienone is 1. The third-order valence-corrected chi connectivity index (χ3v) is 5.28. The molecule has 1 N–H and O–H groups in total. The second kappa shape index (κ2) is 12.7. The van der Waals surface area contributed by atoms with Gasteiger partial charge in [-0.15, -0.1) is 0 Å². The Labute approximate surface area is 204 Å². The van der Waals surface area contributed by atoms with E-state index in [-0.39, 0.29) is 12.5 Å². The average Bonchev–Trinajstić information content (AvgIpc) is 2.88. The maximum atomic E-state index is 12.9. The van der Waals surface area contributed by atoms with Gasteiger partial charge in [0.05, 0.1) is 17.4 Å². The zero-order chi connectivity index (χ0) is 25.2. The summed E-state index contributed by atoms with van der Waals surface area (Å²) in [6.07, 6.45) is -0.756. The molecule has 186 valence electrons. The van der Waals surface area contributed by atoms with E-state index in [9.17, 15) is 14.4 Å². The van der Waals surface area contributed by atoms with Crippen molar-refractivity contribution in [2.75, 3.05) is 13.7 Å². The van der Waals surface area contributed by atoms with Gasteiger partial charge in [-0.25, -0.2) is 9.59 Å². The molecule has 1 heterocycles. The quantitative estimate of drug-likeness (QED) is 0.428. The van der Waals surface area contributed by atoms with E-state index in [1.807, 2.05) is 0 Å². The van der Waals surface area contributed by atoms with Crippen LogP contribution in [-0.2, 0) is 28.5 Å². The van der Waals surface area contributed by atoms with Gasteiger partial charge in [-0.3, -0.25) is 4.79 Å². The molecule has 9 heteroatoms. The average molecular weight is 484 g/mol. The van der Waals surface area contributed by atoms with Crippen molar-refractivity contribution in [1.29, 1.82) is 0 Å². The fraction of sp³-hybridized carbons (Fsp3) is 0.346. The summed E-state index contributed by atoms with van der Waals surface area (Å²) >= 11 is 0. The number of hydrogen-bond donors (Lipinski definition) is 1. The topological polar surface area (TPSA) is 109 Å². The molecule has 3 rings (SSSR count). The largest absolute Gasteiger partial charge is 0.470 e. The number of benzene rings is 2. The number of amides is 1. The van der Waals surface area contributed by atoms with Crippen LogP contribution in [0.25, 0.3) is 0 Å². The Balaban J connectivity index is 1.87. The van der Waals surface area contributed by atoms with Gasteiger partial charge < -0.3 is 29.0 Å². The van der Waals surface area contributed by atoms with Gasteiger partial charge in [-0.1, -0.05) is 42.5 Å². The van der Waals surface area contributed by atoms with Gasteiger partial charge in [0, 0.05) is 14.0 Å². The predicted octanol–water partition coefficient (Wildman–Crippen LogP) is 2.86. The second-order valence-corrected chi connectivity index (χ2v) is 7.78. The maximum absolute atomic E-state index is 12.9. The fourth-order valence-corrected chi connectivity index (χ4v) is 3.70. The number of hydrogen-bond acceptors (Lipinski definition) is 8. The number of esters is 2. The molecule has 0 radical (unpaired) electrons. The lowest BCUT2D eigenvalue weighted by atomic mass is 9.96. The Morgan fingerprint density at radius 2 is 1.54 bits per heavy atom. The van der Waals surface area contributed by atoms with Crippen molar-refractivity contribution in [1.82, 2.24) is 5.32 Å². The van der Waals surface area contributed by atoms with Crippen LogP contribution >= 0.6 is 0 Å². The van der Waals surface area contributed by atoms with Crippen molar-refractivity contribution in [2.24, 2.45) is 0 Å². The molecule has 1 fully saturated rings. The van der Waals surface area contributed by atoms with Crippen LogP contribution in [0.2, 0.25) is 0 Å². The highest BCUT2D eigenvalue weighted by atomic mass is 16.7.